The van der Waals surface area contributed by atoms with Gasteiger partial charge in [-0.05, 0) is 52.6 Å². The Morgan fingerprint density at radius 2 is 1.64 bits per heavy atom. The Hall–Kier alpha value is -4.13. The first-order chi connectivity index (χ1) is 17.6. The lowest BCUT2D eigenvalue weighted by molar-refractivity contribution is -0.145. The molecule has 1 saturated heterocycles. The van der Waals surface area contributed by atoms with Gasteiger partial charge < -0.3 is 14.8 Å². The van der Waals surface area contributed by atoms with Crippen LogP contribution in [-0.4, -0.2) is 42.0 Å². The highest BCUT2D eigenvalue weighted by molar-refractivity contribution is 5.88. The van der Waals surface area contributed by atoms with Gasteiger partial charge in [-0.15, -0.1) is 0 Å². The number of esters is 1. The minimum absolute atomic E-state index is 0.145. The fourth-order valence-corrected chi connectivity index (χ4v) is 4.91. The van der Waals surface area contributed by atoms with E-state index in [4.69, 9.17) is 9.47 Å². The number of benzene rings is 3. The lowest BCUT2D eigenvalue weighted by Crippen LogP contribution is -2.47. The minimum Gasteiger partial charge on any atom is -0.460 e. The molecular formula is C29H28N2O5. The maximum absolute atomic E-state index is 12.9. The van der Waals surface area contributed by atoms with Crippen LogP contribution in [0.25, 0.3) is 11.1 Å². The molecule has 7 heteroatoms. The summed E-state index contributed by atoms with van der Waals surface area (Å²) in [6.45, 7) is 0.480. The smallest absolute Gasteiger partial charge is 0.410 e. The second kappa shape index (κ2) is 10.6. The van der Waals surface area contributed by atoms with E-state index in [0.717, 1.165) is 17.5 Å². The van der Waals surface area contributed by atoms with Crippen LogP contribution in [0.2, 0.25) is 0 Å². The second-order valence-electron chi connectivity index (χ2n) is 9.05. The molecule has 184 valence electrons. The number of hydrogen-bond acceptors (Lipinski definition) is 5. The zero-order valence-corrected chi connectivity index (χ0v) is 19.9. The maximum Gasteiger partial charge on any atom is 0.410 e. The Balaban J connectivity index is 1.13. The molecule has 0 saturated carbocycles. The summed E-state index contributed by atoms with van der Waals surface area (Å²) in [4.78, 5) is 39.1. The van der Waals surface area contributed by atoms with Crippen molar-refractivity contribution in [3.8, 4) is 11.1 Å². The molecule has 1 atom stereocenters. The summed E-state index contributed by atoms with van der Waals surface area (Å²) in [5, 5.41) is 2.60. The second-order valence-corrected chi connectivity index (χ2v) is 9.05. The van der Waals surface area contributed by atoms with Crippen molar-refractivity contribution in [1.82, 2.24) is 10.2 Å². The predicted molar refractivity (Wildman–Crippen MR) is 134 cm³/mol. The number of fused-ring (bicyclic) bond motifs is 3. The molecule has 1 aliphatic heterocycles. The van der Waals surface area contributed by atoms with Gasteiger partial charge in [0.2, 0.25) is 5.91 Å². The first-order valence-electron chi connectivity index (χ1n) is 12.2. The lowest BCUT2D eigenvalue weighted by atomic mass is 10.0. The normalized spacial score (nSPS) is 15.7. The highest BCUT2D eigenvalue weighted by Gasteiger charge is 2.35. The highest BCUT2D eigenvalue weighted by atomic mass is 16.6. The molecule has 36 heavy (non-hydrogen) atoms. The molecule has 0 aromatic heterocycles. The number of carbonyl (C=O) groups is 3. The predicted octanol–water partition coefficient (Wildman–Crippen LogP) is 4.22. The Morgan fingerprint density at radius 3 is 2.50 bits per heavy atom. The average Bonchev–Trinajstić information content (AvgIpc) is 3.55. The van der Waals surface area contributed by atoms with E-state index in [1.165, 1.54) is 27.2 Å². The van der Waals surface area contributed by atoms with Crippen molar-refractivity contribution in [3.05, 3.63) is 95.1 Å². The van der Waals surface area contributed by atoms with E-state index >= 15 is 0 Å². The summed E-state index contributed by atoms with van der Waals surface area (Å²) in [5.74, 6) is -0.907. The van der Waals surface area contributed by atoms with E-state index in [1.54, 1.807) is 0 Å². The first kappa shape index (κ1) is 23.6. The SMILES string of the molecule is O=C(CNC(=O)[C@@H]1CCCN1C(=O)OCc1cccc2c1Cc1ccccc1-2)OCc1ccccc1. The van der Waals surface area contributed by atoms with Crippen molar-refractivity contribution in [1.29, 1.82) is 0 Å². The van der Waals surface area contributed by atoms with E-state index in [-0.39, 0.29) is 25.7 Å². The van der Waals surface area contributed by atoms with Crippen LogP contribution < -0.4 is 5.32 Å². The molecule has 2 amide bonds. The van der Waals surface area contributed by atoms with Gasteiger partial charge in [0.1, 0.15) is 25.8 Å². The van der Waals surface area contributed by atoms with Crippen LogP contribution in [0.3, 0.4) is 0 Å². The summed E-state index contributed by atoms with van der Waals surface area (Å²) >= 11 is 0. The van der Waals surface area contributed by atoms with Crippen molar-refractivity contribution < 1.29 is 23.9 Å². The highest BCUT2D eigenvalue weighted by Crippen LogP contribution is 2.38. The van der Waals surface area contributed by atoms with E-state index in [2.05, 4.69) is 23.5 Å². The van der Waals surface area contributed by atoms with Crippen LogP contribution in [0.1, 0.15) is 35.1 Å². The number of hydrogen-bond donors (Lipinski definition) is 1. The standard InChI is InChI=1S/C29H28N2O5/c32-27(35-18-20-8-2-1-3-9-20)17-30-28(33)26-14-7-15-31(26)29(34)36-19-22-11-6-13-24-23-12-5-4-10-21(23)16-25(22)24/h1-6,8-13,26H,7,14-19H2,(H,30,33)/t26-/m0/s1. The van der Waals surface area contributed by atoms with Gasteiger partial charge in [-0.2, -0.15) is 0 Å². The monoisotopic (exact) mass is 484 g/mol. The zero-order chi connectivity index (χ0) is 24.9. The van der Waals surface area contributed by atoms with Gasteiger partial charge in [0.05, 0.1) is 0 Å². The third-order valence-corrected chi connectivity index (χ3v) is 6.74. The molecule has 1 heterocycles. The molecule has 0 unspecified atom stereocenters. The van der Waals surface area contributed by atoms with Crippen molar-refractivity contribution in [2.24, 2.45) is 0 Å². The largest absolute Gasteiger partial charge is 0.460 e. The summed E-state index contributed by atoms with van der Waals surface area (Å²) in [6.07, 6.45) is 1.51. The molecular weight excluding hydrogens is 456 g/mol. The lowest BCUT2D eigenvalue weighted by Gasteiger charge is -2.23. The van der Waals surface area contributed by atoms with Crippen molar-refractivity contribution in [3.63, 3.8) is 0 Å². The Bertz CT molecular complexity index is 1270. The molecule has 0 radical (unpaired) electrons. The van der Waals surface area contributed by atoms with E-state index in [9.17, 15) is 14.4 Å². The molecule has 0 spiro atoms. The van der Waals surface area contributed by atoms with Crippen LogP contribution >= 0.6 is 0 Å². The maximum atomic E-state index is 12.9. The van der Waals surface area contributed by atoms with Crippen LogP contribution in [0.4, 0.5) is 4.79 Å². The Labute approximate surface area is 210 Å². The summed E-state index contributed by atoms with van der Waals surface area (Å²) < 4.78 is 10.8. The summed E-state index contributed by atoms with van der Waals surface area (Å²) in [7, 11) is 0. The number of nitrogens with one attached hydrogen (secondary N) is 1. The molecule has 1 fully saturated rings. The van der Waals surface area contributed by atoms with Crippen LogP contribution in [0.15, 0.2) is 72.8 Å². The molecule has 2 aliphatic rings. The van der Waals surface area contributed by atoms with E-state index < -0.39 is 18.1 Å². The summed E-state index contributed by atoms with van der Waals surface area (Å²) in [6, 6.07) is 23.0. The third kappa shape index (κ3) is 5.10. The van der Waals surface area contributed by atoms with Crippen LogP contribution in [0, 0.1) is 0 Å². The fraction of sp³-hybridized carbons (Fsp3) is 0.276. The topological polar surface area (TPSA) is 84.9 Å². The number of likely N-dealkylation sites (tertiary alicyclic amines) is 1. The Kier molecular flexibility index (Phi) is 6.98. The molecule has 7 nitrogen and oxygen atoms in total. The molecule has 1 N–H and O–H groups in total. The average molecular weight is 485 g/mol. The molecule has 1 aliphatic carbocycles. The summed E-state index contributed by atoms with van der Waals surface area (Å²) in [5.41, 5.74) is 6.69. The molecule has 5 rings (SSSR count). The van der Waals surface area contributed by atoms with Gasteiger partial charge in [0.15, 0.2) is 0 Å². The Morgan fingerprint density at radius 1 is 0.861 bits per heavy atom. The van der Waals surface area contributed by atoms with Gasteiger partial charge in [-0.25, -0.2) is 4.79 Å². The first-order valence-corrected chi connectivity index (χ1v) is 12.2. The van der Waals surface area contributed by atoms with Crippen LogP contribution in [-0.2, 0) is 38.7 Å². The van der Waals surface area contributed by atoms with Gasteiger partial charge in [0, 0.05) is 6.54 Å². The molecule has 3 aromatic carbocycles. The van der Waals surface area contributed by atoms with E-state index in [1.807, 2.05) is 54.6 Å². The van der Waals surface area contributed by atoms with Gasteiger partial charge in [-0.3, -0.25) is 14.5 Å². The number of carbonyl (C=O) groups excluding carboxylic acids is 3. The molecule has 3 aromatic rings. The number of rotatable bonds is 7. The minimum atomic E-state index is -0.662. The number of amides is 2. The van der Waals surface area contributed by atoms with Gasteiger partial charge in [0.25, 0.3) is 0 Å². The zero-order valence-electron chi connectivity index (χ0n) is 19.9. The van der Waals surface area contributed by atoms with Crippen molar-refractivity contribution in [2.45, 2.75) is 38.5 Å². The fourth-order valence-electron chi connectivity index (χ4n) is 4.91. The quantitative estimate of drug-likeness (QED) is 0.397. The van der Waals surface area contributed by atoms with Crippen LogP contribution in [0.5, 0.6) is 0 Å². The van der Waals surface area contributed by atoms with Crippen molar-refractivity contribution >= 4 is 18.0 Å². The van der Waals surface area contributed by atoms with Gasteiger partial charge >= 0.3 is 12.1 Å². The number of ether oxygens (including phenoxy) is 2. The molecule has 0 bridgehead atoms. The van der Waals surface area contributed by atoms with Crippen molar-refractivity contribution in [2.75, 3.05) is 13.1 Å². The number of nitrogens with zero attached hydrogens (tertiary/aromatic N) is 1. The van der Waals surface area contributed by atoms with E-state index in [0.29, 0.717) is 19.4 Å². The third-order valence-electron chi connectivity index (χ3n) is 6.74. The van der Waals surface area contributed by atoms with Gasteiger partial charge in [-0.1, -0.05) is 72.8 Å².